The van der Waals surface area contributed by atoms with Crippen molar-refractivity contribution in [3.8, 4) is 0 Å². The molecule has 0 bridgehead atoms. The molecule has 12 heteroatoms. The lowest BCUT2D eigenvalue weighted by Gasteiger charge is -2.25. The van der Waals surface area contributed by atoms with Crippen LogP contribution in [0.1, 0.15) is 0 Å². The van der Waals surface area contributed by atoms with Gasteiger partial charge in [-0.2, -0.15) is 26.3 Å². The van der Waals surface area contributed by atoms with Gasteiger partial charge in [-0.25, -0.2) is 4.74 Å². The Kier molecular flexibility index (Phi) is 5.03. The van der Waals surface area contributed by atoms with Crippen LogP contribution in [0.4, 0.5) is 39.5 Å². The molecule has 0 aromatic carbocycles. The highest BCUT2D eigenvalue weighted by atomic mass is 19.4. The highest BCUT2D eigenvalue weighted by Gasteiger charge is 2.64. The summed E-state index contributed by atoms with van der Waals surface area (Å²) < 4.78 is 113. The molecular weight excluding hydrogens is 279 g/mol. The first kappa shape index (κ1) is 16.2. The third kappa shape index (κ3) is 5.93. The Morgan fingerprint density at radius 3 is 1.65 bits per heavy atom. The summed E-state index contributed by atoms with van der Waals surface area (Å²) >= 11 is 0. The van der Waals surface area contributed by atoms with E-state index in [0.717, 1.165) is 0 Å². The van der Waals surface area contributed by atoms with E-state index in [1.807, 2.05) is 0 Å². The van der Waals surface area contributed by atoms with Crippen molar-refractivity contribution >= 4 is 0 Å². The van der Waals surface area contributed by atoms with Crippen molar-refractivity contribution in [1.82, 2.24) is 0 Å². The largest absolute Gasteiger partial charge is 0.527 e. The summed E-state index contributed by atoms with van der Waals surface area (Å²) in [6.07, 6.45) is -18.0. The average molecular weight is 282 g/mol. The first-order valence-corrected chi connectivity index (χ1v) is 3.43. The molecule has 0 spiro atoms. The second-order valence-corrected chi connectivity index (χ2v) is 2.27. The summed E-state index contributed by atoms with van der Waals surface area (Å²) in [7, 11) is 0. The molecule has 0 N–H and O–H groups in total. The van der Waals surface area contributed by atoms with Gasteiger partial charge in [0.2, 0.25) is 0 Å². The molecule has 3 nitrogen and oxygen atoms in total. The number of hydrogen-bond acceptors (Lipinski definition) is 3. The zero-order chi connectivity index (χ0) is 13.9. The van der Waals surface area contributed by atoms with Crippen molar-refractivity contribution in [1.29, 1.82) is 0 Å². The van der Waals surface area contributed by atoms with Gasteiger partial charge in [0.05, 0.1) is 0 Å². The van der Waals surface area contributed by atoms with Gasteiger partial charge in [0.25, 0.3) is 0 Å². The zero-order valence-electron chi connectivity index (χ0n) is 7.41. The fraction of sp³-hybridized carbons (Fsp3) is 1.00. The predicted octanol–water partition coefficient (Wildman–Crippen LogP) is 2.92. The molecule has 0 radical (unpaired) electrons. The quantitative estimate of drug-likeness (QED) is 0.553. The molecule has 0 aromatic heterocycles. The van der Waals surface area contributed by atoms with Crippen LogP contribution in [0, 0.1) is 0 Å². The van der Waals surface area contributed by atoms with E-state index in [9.17, 15) is 39.5 Å². The van der Waals surface area contributed by atoms with Crippen LogP contribution >= 0.6 is 0 Å². The van der Waals surface area contributed by atoms with E-state index in [1.165, 1.54) is 0 Å². The minimum absolute atomic E-state index is 1.80. The lowest BCUT2D eigenvalue weighted by molar-refractivity contribution is -0.510. The van der Waals surface area contributed by atoms with Crippen molar-refractivity contribution in [2.24, 2.45) is 0 Å². The molecule has 0 heterocycles. The molecule has 104 valence electrons. The van der Waals surface area contributed by atoms with Crippen LogP contribution in [0.3, 0.4) is 0 Å². The highest BCUT2D eigenvalue weighted by Crippen LogP contribution is 2.40. The average Bonchev–Trinajstić information content (AvgIpc) is 1.97. The first-order valence-electron chi connectivity index (χ1n) is 3.43. The third-order valence-electron chi connectivity index (χ3n) is 1.02. The van der Waals surface area contributed by atoms with Crippen LogP contribution < -0.4 is 0 Å². The normalized spacial score (nSPS) is 14.5. The van der Waals surface area contributed by atoms with Crippen molar-refractivity contribution in [2.75, 3.05) is 6.79 Å². The van der Waals surface area contributed by atoms with Crippen molar-refractivity contribution in [3.63, 3.8) is 0 Å². The number of rotatable bonds is 6. The van der Waals surface area contributed by atoms with E-state index in [2.05, 4.69) is 9.47 Å². The first-order chi connectivity index (χ1) is 7.37. The fourth-order valence-electron chi connectivity index (χ4n) is 0.448. The number of hydrogen-bond donors (Lipinski definition) is 0. The van der Waals surface area contributed by atoms with Crippen molar-refractivity contribution in [3.05, 3.63) is 0 Å². The molecule has 0 saturated carbocycles. The SMILES string of the molecule is FC(F)OCOC(F)(F)C(F)(F)OC(F)(F)F. The molecule has 0 saturated heterocycles. The van der Waals surface area contributed by atoms with E-state index < -0.39 is 32.0 Å². The summed E-state index contributed by atoms with van der Waals surface area (Å²) in [5.74, 6) is 0. The van der Waals surface area contributed by atoms with E-state index in [0.29, 0.717) is 0 Å². The summed E-state index contributed by atoms with van der Waals surface area (Å²) in [4.78, 5) is 0. The second kappa shape index (κ2) is 5.27. The molecule has 0 aliphatic heterocycles. The molecule has 0 fully saturated rings. The standard InChI is InChI=1S/C5H3F9O3/c6-2(7)15-1-16-3(8,9)4(10,11)17-5(12,13)14/h2H,1H2. The number of alkyl halides is 9. The lowest BCUT2D eigenvalue weighted by Crippen LogP contribution is -2.48. The molecular formula is C5H3F9O3. The van der Waals surface area contributed by atoms with E-state index in [4.69, 9.17) is 0 Å². The molecule has 0 aromatic rings. The van der Waals surface area contributed by atoms with Gasteiger partial charge in [0.1, 0.15) is 0 Å². The zero-order valence-corrected chi connectivity index (χ0v) is 7.41. The summed E-state index contributed by atoms with van der Waals surface area (Å²) in [6, 6.07) is 0. The Balaban J connectivity index is 4.45. The molecule has 0 aliphatic carbocycles. The number of halogens is 9. The summed E-state index contributed by atoms with van der Waals surface area (Å²) in [5, 5.41) is 0. The molecule has 0 atom stereocenters. The molecule has 0 aliphatic rings. The predicted molar refractivity (Wildman–Crippen MR) is 30.1 cm³/mol. The van der Waals surface area contributed by atoms with Gasteiger partial charge < -0.3 is 0 Å². The van der Waals surface area contributed by atoms with Gasteiger partial charge >= 0.3 is 25.2 Å². The molecule has 0 amide bonds. The maximum Gasteiger partial charge on any atom is 0.527 e. The van der Waals surface area contributed by atoms with Crippen LogP contribution in [0.5, 0.6) is 0 Å². The Labute approximate surface area is 87.0 Å². The maximum atomic E-state index is 12.3. The Morgan fingerprint density at radius 2 is 1.29 bits per heavy atom. The van der Waals surface area contributed by atoms with E-state index in [1.54, 1.807) is 4.74 Å². The van der Waals surface area contributed by atoms with E-state index >= 15 is 0 Å². The van der Waals surface area contributed by atoms with Crippen LogP contribution in [-0.2, 0) is 14.2 Å². The minimum Gasteiger partial charge on any atom is -0.296 e. The minimum atomic E-state index is -6.09. The van der Waals surface area contributed by atoms with Crippen LogP contribution in [0.15, 0.2) is 0 Å². The van der Waals surface area contributed by atoms with Crippen LogP contribution in [0.2, 0.25) is 0 Å². The Bertz CT molecular complexity index is 237. The smallest absolute Gasteiger partial charge is 0.296 e. The van der Waals surface area contributed by atoms with Crippen molar-refractivity contribution in [2.45, 2.75) is 25.2 Å². The second-order valence-electron chi connectivity index (χ2n) is 2.27. The van der Waals surface area contributed by atoms with E-state index in [-0.39, 0.29) is 0 Å². The van der Waals surface area contributed by atoms with Gasteiger partial charge in [-0.15, -0.1) is 13.2 Å². The van der Waals surface area contributed by atoms with Gasteiger partial charge in [-0.1, -0.05) is 0 Å². The van der Waals surface area contributed by atoms with Crippen LogP contribution in [0.25, 0.3) is 0 Å². The van der Waals surface area contributed by atoms with Crippen LogP contribution in [-0.4, -0.2) is 32.0 Å². The molecule has 0 rings (SSSR count). The summed E-state index contributed by atoms with van der Waals surface area (Å²) in [6.45, 7) is -5.68. The monoisotopic (exact) mass is 282 g/mol. The molecule has 17 heavy (non-hydrogen) atoms. The van der Waals surface area contributed by atoms with Crippen molar-refractivity contribution < 1.29 is 53.7 Å². The van der Waals surface area contributed by atoms with Gasteiger partial charge in [0.15, 0.2) is 6.79 Å². The highest BCUT2D eigenvalue weighted by molar-refractivity contribution is 4.66. The third-order valence-corrected chi connectivity index (χ3v) is 1.02. The Hall–Kier alpha value is -0.750. The number of ether oxygens (including phenoxy) is 3. The fourth-order valence-corrected chi connectivity index (χ4v) is 0.448. The summed E-state index contributed by atoms with van der Waals surface area (Å²) in [5.41, 5.74) is 0. The maximum absolute atomic E-state index is 12.3. The lowest BCUT2D eigenvalue weighted by atomic mass is 10.6. The van der Waals surface area contributed by atoms with Gasteiger partial charge in [-0.3, -0.25) is 9.47 Å². The topological polar surface area (TPSA) is 27.7 Å². The Morgan fingerprint density at radius 1 is 0.824 bits per heavy atom. The molecule has 0 unspecified atom stereocenters. The van der Waals surface area contributed by atoms with Gasteiger partial charge in [0, 0.05) is 0 Å². The van der Waals surface area contributed by atoms with Gasteiger partial charge in [-0.05, 0) is 0 Å².